The molecule has 0 fully saturated rings. The normalized spacial score (nSPS) is 13.2. The molecule has 2 aromatic rings. The second-order valence-electron chi connectivity index (χ2n) is 5.22. The van der Waals surface area contributed by atoms with Crippen molar-refractivity contribution in [2.75, 3.05) is 6.79 Å². The number of rotatable bonds is 3. The van der Waals surface area contributed by atoms with Gasteiger partial charge in [-0.15, -0.1) is 0 Å². The van der Waals surface area contributed by atoms with Crippen LogP contribution < -0.4 is 10.1 Å². The van der Waals surface area contributed by atoms with Gasteiger partial charge in [-0.25, -0.2) is 4.39 Å². The molecule has 0 bridgehead atoms. The Morgan fingerprint density at radius 3 is 3.00 bits per heavy atom. The summed E-state index contributed by atoms with van der Waals surface area (Å²) >= 11 is 0. The summed E-state index contributed by atoms with van der Waals surface area (Å²) in [5.74, 6) is 0.0265. The van der Waals surface area contributed by atoms with Crippen molar-refractivity contribution in [1.29, 1.82) is 0 Å². The van der Waals surface area contributed by atoms with E-state index in [1.54, 1.807) is 12.1 Å². The van der Waals surface area contributed by atoms with Gasteiger partial charge < -0.3 is 14.8 Å². The number of nitrogens with one attached hydrogen (secondary N) is 1. The maximum Gasteiger partial charge on any atom is 0.251 e. The van der Waals surface area contributed by atoms with Crippen LogP contribution in [0.15, 0.2) is 36.4 Å². The summed E-state index contributed by atoms with van der Waals surface area (Å²) in [4.78, 5) is 12.2. The molecular weight excluding hydrogens is 285 g/mol. The second-order valence-corrected chi connectivity index (χ2v) is 5.22. The number of ether oxygens (including phenoxy) is 2. The van der Waals surface area contributed by atoms with Crippen LogP contribution in [0.5, 0.6) is 5.75 Å². The van der Waals surface area contributed by atoms with Crippen LogP contribution in [0.25, 0.3) is 0 Å². The number of amides is 1. The summed E-state index contributed by atoms with van der Waals surface area (Å²) in [5, 5.41) is 2.79. The molecule has 0 saturated carbocycles. The van der Waals surface area contributed by atoms with E-state index >= 15 is 0 Å². The van der Waals surface area contributed by atoms with Gasteiger partial charge in [0.15, 0.2) is 6.79 Å². The maximum absolute atomic E-state index is 13.6. The molecule has 1 N–H and O–H groups in total. The van der Waals surface area contributed by atoms with E-state index in [1.165, 1.54) is 12.1 Å². The van der Waals surface area contributed by atoms with E-state index in [4.69, 9.17) is 9.47 Å². The molecule has 5 heteroatoms. The standard InChI is InChI=1S/C17H16FNO3/c1-11-3-2-4-12(5-11)17(20)19-8-13-6-15(18)7-14-9-21-10-22-16(13)14/h2-7H,8-10H2,1H3,(H,19,20). The molecule has 0 radical (unpaired) electrons. The predicted molar refractivity (Wildman–Crippen MR) is 79.0 cm³/mol. The Balaban J connectivity index is 1.76. The molecule has 114 valence electrons. The van der Waals surface area contributed by atoms with Crippen LogP contribution in [0.3, 0.4) is 0 Å². The fraction of sp³-hybridized carbons (Fsp3) is 0.235. The number of benzene rings is 2. The van der Waals surface area contributed by atoms with Crippen LogP contribution in [0.2, 0.25) is 0 Å². The van der Waals surface area contributed by atoms with Gasteiger partial charge in [-0.1, -0.05) is 17.7 Å². The predicted octanol–water partition coefficient (Wildman–Crippen LogP) is 2.93. The first-order chi connectivity index (χ1) is 10.6. The number of fused-ring (bicyclic) bond motifs is 1. The van der Waals surface area contributed by atoms with Gasteiger partial charge in [0.2, 0.25) is 0 Å². The highest BCUT2D eigenvalue weighted by Crippen LogP contribution is 2.29. The molecule has 22 heavy (non-hydrogen) atoms. The lowest BCUT2D eigenvalue weighted by Gasteiger charge is -2.21. The SMILES string of the molecule is Cc1cccc(C(=O)NCc2cc(F)cc3c2OCOC3)c1. The average Bonchev–Trinajstić information content (AvgIpc) is 2.52. The maximum atomic E-state index is 13.6. The van der Waals surface area contributed by atoms with Crippen LogP contribution in [0, 0.1) is 12.7 Å². The quantitative estimate of drug-likeness (QED) is 0.948. The molecule has 2 aromatic carbocycles. The van der Waals surface area contributed by atoms with Gasteiger partial charge in [0.1, 0.15) is 11.6 Å². The lowest BCUT2D eigenvalue weighted by Crippen LogP contribution is -2.24. The first-order valence-corrected chi connectivity index (χ1v) is 7.00. The van der Waals surface area contributed by atoms with Gasteiger partial charge in [-0.3, -0.25) is 4.79 Å². The van der Waals surface area contributed by atoms with Crippen molar-refractivity contribution < 1.29 is 18.7 Å². The molecule has 0 unspecified atom stereocenters. The van der Waals surface area contributed by atoms with Crippen molar-refractivity contribution in [1.82, 2.24) is 5.32 Å². The number of carbonyl (C=O) groups is 1. The van der Waals surface area contributed by atoms with Gasteiger partial charge in [0, 0.05) is 23.2 Å². The van der Waals surface area contributed by atoms with E-state index < -0.39 is 0 Å². The fourth-order valence-electron chi connectivity index (χ4n) is 2.45. The minimum atomic E-state index is -0.368. The molecule has 0 aliphatic carbocycles. The fourth-order valence-corrected chi connectivity index (χ4v) is 2.45. The van der Waals surface area contributed by atoms with Gasteiger partial charge >= 0.3 is 0 Å². The lowest BCUT2D eigenvalue weighted by molar-refractivity contribution is -0.0173. The summed E-state index contributed by atoms with van der Waals surface area (Å²) < 4.78 is 24.2. The van der Waals surface area contributed by atoms with Crippen LogP contribution in [0.1, 0.15) is 27.0 Å². The second kappa shape index (κ2) is 6.15. The number of hydrogen-bond donors (Lipinski definition) is 1. The Morgan fingerprint density at radius 2 is 2.18 bits per heavy atom. The number of carbonyl (C=O) groups excluding carboxylic acids is 1. The molecule has 1 heterocycles. The third kappa shape index (κ3) is 3.09. The monoisotopic (exact) mass is 301 g/mol. The van der Waals surface area contributed by atoms with Gasteiger partial charge in [-0.2, -0.15) is 0 Å². The van der Waals surface area contributed by atoms with Gasteiger partial charge in [-0.05, 0) is 31.2 Å². The summed E-state index contributed by atoms with van der Waals surface area (Å²) in [6.45, 7) is 2.57. The summed E-state index contributed by atoms with van der Waals surface area (Å²) in [7, 11) is 0. The van der Waals surface area contributed by atoms with E-state index in [-0.39, 0.29) is 25.1 Å². The highest BCUT2D eigenvalue weighted by molar-refractivity contribution is 5.94. The number of halogens is 1. The summed E-state index contributed by atoms with van der Waals surface area (Å²) in [6, 6.07) is 10.1. The topological polar surface area (TPSA) is 47.6 Å². The highest BCUT2D eigenvalue weighted by atomic mass is 19.1. The van der Waals surface area contributed by atoms with Crippen molar-refractivity contribution in [3.8, 4) is 5.75 Å². The Kier molecular flexibility index (Phi) is 4.06. The molecule has 0 aromatic heterocycles. The third-order valence-corrected chi connectivity index (χ3v) is 3.47. The molecule has 1 amide bonds. The molecule has 0 spiro atoms. The molecule has 1 aliphatic heterocycles. The molecule has 4 nitrogen and oxygen atoms in total. The minimum absolute atomic E-state index is 0.136. The summed E-state index contributed by atoms with van der Waals surface area (Å²) in [5.41, 5.74) is 2.86. The zero-order valence-corrected chi connectivity index (χ0v) is 12.2. The van der Waals surface area contributed by atoms with Crippen molar-refractivity contribution in [3.05, 3.63) is 64.5 Å². The lowest BCUT2D eigenvalue weighted by atomic mass is 10.1. The highest BCUT2D eigenvalue weighted by Gasteiger charge is 2.17. The van der Waals surface area contributed by atoms with E-state index in [1.807, 2.05) is 19.1 Å². The average molecular weight is 301 g/mol. The first kappa shape index (κ1) is 14.5. The zero-order chi connectivity index (χ0) is 15.5. The number of aryl methyl sites for hydroxylation is 1. The Bertz CT molecular complexity index is 715. The molecule has 3 rings (SSSR count). The van der Waals surface area contributed by atoms with Crippen molar-refractivity contribution >= 4 is 5.91 Å². The molecular formula is C17H16FNO3. The Hall–Kier alpha value is -2.40. The Morgan fingerprint density at radius 1 is 1.32 bits per heavy atom. The molecule has 0 atom stereocenters. The van der Waals surface area contributed by atoms with E-state index in [9.17, 15) is 9.18 Å². The van der Waals surface area contributed by atoms with Crippen LogP contribution in [-0.4, -0.2) is 12.7 Å². The van der Waals surface area contributed by atoms with Crippen LogP contribution in [-0.2, 0) is 17.9 Å². The van der Waals surface area contributed by atoms with Crippen molar-refractivity contribution in [3.63, 3.8) is 0 Å². The molecule has 0 saturated heterocycles. The van der Waals surface area contributed by atoms with Gasteiger partial charge in [0.05, 0.1) is 6.61 Å². The molecule has 1 aliphatic rings. The van der Waals surface area contributed by atoms with Gasteiger partial charge in [0.25, 0.3) is 5.91 Å². The van der Waals surface area contributed by atoms with Crippen LogP contribution in [0.4, 0.5) is 4.39 Å². The third-order valence-electron chi connectivity index (χ3n) is 3.47. The number of hydrogen-bond acceptors (Lipinski definition) is 3. The van der Waals surface area contributed by atoms with E-state index in [0.717, 1.165) is 5.56 Å². The largest absolute Gasteiger partial charge is 0.467 e. The summed E-state index contributed by atoms with van der Waals surface area (Å²) in [6.07, 6.45) is 0. The zero-order valence-electron chi connectivity index (χ0n) is 12.2. The van der Waals surface area contributed by atoms with E-state index in [0.29, 0.717) is 29.0 Å². The first-order valence-electron chi connectivity index (χ1n) is 7.00. The van der Waals surface area contributed by atoms with E-state index in [2.05, 4.69) is 5.32 Å². The Labute approximate surface area is 127 Å². The van der Waals surface area contributed by atoms with Crippen molar-refractivity contribution in [2.45, 2.75) is 20.1 Å². The smallest absolute Gasteiger partial charge is 0.251 e. The van der Waals surface area contributed by atoms with Crippen LogP contribution >= 0.6 is 0 Å². The minimum Gasteiger partial charge on any atom is -0.467 e. The van der Waals surface area contributed by atoms with Crippen molar-refractivity contribution in [2.24, 2.45) is 0 Å².